The number of fused-ring (bicyclic) bond motifs is 1. The van der Waals surface area contributed by atoms with Crippen molar-refractivity contribution in [2.45, 2.75) is 13.5 Å². The van der Waals surface area contributed by atoms with Crippen LogP contribution in [0.25, 0.3) is 11.0 Å². The second-order valence-corrected chi connectivity index (χ2v) is 5.72. The summed E-state index contributed by atoms with van der Waals surface area (Å²) in [5.74, 6) is -0.227. The van der Waals surface area contributed by atoms with Crippen molar-refractivity contribution in [3.05, 3.63) is 80.7 Å². The van der Waals surface area contributed by atoms with Crippen LogP contribution in [-0.2, 0) is 6.54 Å². The molecule has 23 heavy (non-hydrogen) atoms. The standard InChI is InChI=1S/C18H14ClNO3/c1-11-2-7-15-13(9-17(21)23-16(15)8-11)10-20-18(22)12-3-5-14(19)6-4-12/h2-9H,10H2,1H3,(H,20,22). The van der Waals surface area contributed by atoms with Crippen molar-refractivity contribution in [3.63, 3.8) is 0 Å². The summed E-state index contributed by atoms with van der Waals surface area (Å²) in [4.78, 5) is 23.8. The molecule has 0 spiro atoms. The van der Waals surface area contributed by atoms with Crippen LogP contribution in [0.3, 0.4) is 0 Å². The summed E-state index contributed by atoms with van der Waals surface area (Å²) in [6, 6.07) is 13.7. The minimum absolute atomic E-state index is 0.227. The van der Waals surface area contributed by atoms with Gasteiger partial charge < -0.3 is 9.73 Å². The van der Waals surface area contributed by atoms with Crippen molar-refractivity contribution in [2.24, 2.45) is 0 Å². The van der Waals surface area contributed by atoms with E-state index in [-0.39, 0.29) is 12.5 Å². The molecule has 4 nitrogen and oxygen atoms in total. The molecule has 0 aliphatic rings. The van der Waals surface area contributed by atoms with Crippen molar-refractivity contribution < 1.29 is 9.21 Å². The van der Waals surface area contributed by atoms with Crippen LogP contribution in [0, 0.1) is 6.92 Å². The average Bonchev–Trinajstić information content (AvgIpc) is 2.52. The Kier molecular flexibility index (Phi) is 4.17. The van der Waals surface area contributed by atoms with Crippen LogP contribution in [0.15, 0.2) is 57.7 Å². The van der Waals surface area contributed by atoms with Crippen molar-refractivity contribution in [1.29, 1.82) is 0 Å². The molecular weight excluding hydrogens is 314 g/mol. The number of rotatable bonds is 3. The molecule has 0 aliphatic heterocycles. The molecule has 0 radical (unpaired) electrons. The van der Waals surface area contributed by atoms with Gasteiger partial charge in [0, 0.05) is 28.6 Å². The molecule has 1 aromatic heterocycles. The predicted molar refractivity (Wildman–Crippen MR) is 89.8 cm³/mol. The van der Waals surface area contributed by atoms with Gasteiger partial charge in [0.05, 0.1) is 0 Å². The molecule has 3 aromatic rings. The fourth-order valence-electron chi connectivity index (χ4n) is 2.36. The zero-order valence-corrected chi connectivity index (χ0v) is 13.2. The SMILES string of the molecule is Cc1ccc2c(CNC(=O)c3ccc(Cl)cc3)cc(=O)oc2c1. The van der Waals surface area contributed by atoms with Crippen LogP contribution in [0.2, 0.25) is 5.02 Å². The lowest BCUT2D eigenvalue weighted by atomic mass is 10.1. The number of hydrogen-bond acceptors (Lipinski definition) is 3. The number of nitrogens with one attached hydrogen (secondary N) is 1. The number of benzene rings is 2. The van der Waals surface area contributed by atoms with E-state index in [9.17, 15) is 9.59 Å². The number of carbonyl (C=O) groups is 1. The minimum atomic E-state index is -0.432. The molecule has 0 fully saturated rings. The molecule has 116 valence electrons. The van der Waals surface area contributed by atoms with Crippen LogP contribution < -0.4 is 10.9 Å². The second kappa shape index (κ2) is 6.26. The molecule has 0 saturated carbocycles. The Morgan fingerprint density at radius 3 is 2.61 bits per heavy atom. The van der Waals surface area contributed by atoms with E-state index in [1.54, 1.807) is 30.3 Å². The summed E-state index contributed by atoms with van der Waals surface area (Å²) in [6.07, 6.45) is 0. The summed E-state index contributed by atoms with van der Waals surface area (Å²) in [5, 5.41) is 4.19. The first-order valence-corrected chi connectivity index (χ1v) is 7.48. The van der Waals surface area contributed by atoms with E-state index in [0.29, 0.717) is 16.2 Å². The van der Waals surface area contributed by atoms with E-state index >= 15 is 0 Å². The van der Waals surface area contributed by atoms with Crippen molar-refractivity contribution in [3.8, 4) is 0 Å². The van der Waals surface area contributed by atoms with Gasteiger partial charge in [0.15, 0.2) is 0 Å². The van der Waals surface area contributed by atoms with Crippen LogP contribution in [0.1, 0.15) is 21.5 Å². The summed E-state index contributed by atoms with van der Waals surface area (Å²) in [5.41, 5.74) is 2.33. The molecule has 1 heterocycles. The highest BCUT2D eigenvalue weighted by Crippen LogP contribution is 2.18. The highest BCUT2D eigenvalue weighted by atomic mass is 35.5. The third-order valence-corrected chi connectivity index (χ3v) is 3.78. The average molecular weight is 328 g/mol. The third kappa shape index (κ3) is 3.43. The van der Waals surface area contributed by atoms with Crippen LogP contribution in [0.4, 0.5) is 0 Å². The molecule has 0 bridgehead atoms. The Labute approximate surface area is 137 Å². The maximum atomic E-state index is 12.1. The lowest BCUT2D eigenvalue weighted by Gasteiger charge is -2.08. The van der Waals surface area contributed by atoms with E-state index in [1.807, 2.05) is 19.1 Å². The Balaban J connectivity index is 1.85. The predicted octanol–water partition coefficient (Wildman–Crippen LogP) is 3.68. The molecule has 1 amide bonds. The van der Waals surface area contributed by atoms with Gasteiger partial charge >= 0.3 is 5.63 Å². The number of hydrogen-bond donors (Lipinski definition) is 1. The summed E-state index contributed by atoms with van der Waals surface area (Å²) >= 11 is 5.81. The molecule has 0 aliphatic carbocycles. The first-order chi connectivity index (χ1) is 11.0. The molecule has 5 heteroatoms. The van der Waals surface area contributed by atoms with Crippen LogP contribution in [-0.4, -0.2) is 5.91 Å². The molecule has 2 aromatic carbocycles. The lowest BCUT2D eigenvalue weighted by Crippen LogP contribution is -2.23. The fraction of sp³-hybridized carbons (Fsp3) is 0.111. The van der Waals surface area contributed by atoms with Crippen LogP contribution >= 0.6 is 11.6 Å². The largest absolute Gasteiger partial charge is 0.423 e. The maximum Gasteiger partial charge on any atom is 0.336 e. The van der Waals surface area contributed by atoms with Gasteiger partial charge in [-0.1, -0.05) is 23.7 Å². The van der Waals surface area contributed by atoms with Gasteiger partial charge in [0.25, 0.3) is 5.91 Å². The molecule has 0 saturated heterocycles. The van der Waals surface area contributed by atoms with Gasteiger partial charge in [0.1, 0.15) is 5.58 Å². The molecule has 1 N–H and O–H groups in total. The highest BCUT2D eigenvalue weighted by molar-refractivity contribution is 6.30. The van der Waals surface area contributed by atoms with Gasteiger partial charge in [-0.15, -0.1) is 0 Å². The summed E-state index contributed by atoms with van der Waals surface area (Å²) in [6.45, 7) is 2.17. The van der Waals surface area contributed by atoms with E-state index < -0.39 is 5.63 Å². The maximum absolute atomic E-state index is 12.1. The molecular formula is C18H14ClNO3. The van der Waals surface area contributed by atoms with E-state index in [0.717, 1.165) is 16.5 Å². The highest BCUT2D eigenvalue weighted by Gasteiger charge is 2.09. The number of halogens is 1. The van der Waals surface area contributed by atoms with Crippen molar-refractivity contribution in [1.82, 2.24) is 5.32 Å². The molecule has 0 unspecified atom stereocenters. The van der Waals surface area contributed by atoms with E-state index in [1.165, 1.54) is 6.07 Å². The van der Waals surface area contributed by atoms with Gasteiger partial charge in [-0.05, 0) is 48.4 Å². The quantitative estimate of drug-likeness (QED) is 0.746. The fourth-order valence-corrected chi connectivity index (χ4v) is 2.49. The normalized spacial score (nSPS) is 10.7. The molecule has 0 atom stereocenters. The smallest absolute Gasteiger partial charge is 0.336 e. The number of amides is 1. The van der Waals surface area contributed by atoms with Gasteiger partial charge in [-0.25, -0.2) is 4.79 Å². The topological polar surface area (TPSA) is 59.3 Å². The summed E-state index contributed by atoms with van der Waals surface area (Å²) in [7, 11) is 0. The Morgan fingerprint density at radius 2 is 1.87 bits per heavy atom. The lowest BCUT2D eigenvalue weighted by molar-refractivity contribution is 0.0951. The van der Waals surface area contributed by atoms with Crippen molar-refractivity contribution in [2.75, 3.05) is 0 Å². The monoisotopic (exact) mass is 327 g/mol. The summed E-state index contributed by atoms with van der Waals surface area (Å²) < 4.78 is 5.20. The Hall–Kier alpha value is -2.59. The van der Waals surface area contributed by atoms with E-state index in [4.69, 9.17) is 16.0 Å². The zero-order valence-electron chi connectivity index (χ0n) is 12.4. The van der Waals surface area contributed by atoms with Gasteiger partial charge in [-0.3, -0.25) is 4.79 Å². The van der Waals surface area contributed by atoms with Crippen molar-refractivity contribution >= 4 is 28.5 Å². The Bertz CT molecular complexity index is 929. The Morgan fingerprint density at radius 1 is 1.13 bits per heavy atom. The number of aryl methyl sites for hydroxylation is 1. The second-order valence-electron chi connectivity index (χ2n) is 5.28. The van der Waals surface area contributed by atoms with Gasteiger partial charge in [-0.2, -0.15) is 0 Å². The van der Waals surface area contributed by atoms with Crippen LogP contribution in [0.5, 0.6) is 0 Å². The number of carbonyl (C=O) groups excluding carboxylic acids is 1. The van der Waals surface area contributed by atoms with Gasteiger partial charge in [0.2, 0.25) is 0 Å². The minimum Gasteiger partial charge on any atom is -0.423 e. The van der Waals surface area contributed by atoms with E-state index in [2.05, 4.69) is 5.32 Å². The third-order valence-electron chi connectivity index (χ3n) is 3.53. The first kappa shape index (κ1) is 15.3. The zero-order chi connectivity index (χ0) is 16.4. The first-order valence-electron chi connectivity index (χ1n) is 7.10. The molecule has 3 rings (SSSR count).